The average molecular weight is 315 g/mol. The van der Waals surface area contributed by atoms with Gasteiger partial charge in [-0.2, -0.15) is 5.10 Å². The van der Waals surface area contributed by atoms with Crippen LogP contribution in [0.3, 0.4) is 0 Å². The van der Waals surface area contributed by atoms with Gasteiger partial charge >= 0.3 is 0 Å². The van der Waals surface area contributed by atoms with E-state index in [0.717, 1.165) is 12.1 Å². The van der Waals surface area contributed by atoms with Crippen molar-refractivity contribution in [2.24, 2.45) is 7.05 Å². The molecule has 1 N–H and O–H groups in total. The lowest BCUT2D eigenvalue weighted by molar-refractivity contribution is 0.0713. The molecule has 23 heavy (non-hydrogen) atoms. The van der Waals surface area contributed by atoms with Crippen molar-refractivity contribution in [2.45, 2.75) is 26.2 Å². The average Bonchev–Trinajstić information content (AvgIpc) is 2.94. The van der Waals surface area contributed by atoms with Gasteiger partial charge in [0.1, 0.15) is 5.69 Å². The summed E-state index contributed by atoms with van der Waals surface area (Å²) < 4.78 is 1.63. The largest absolute Gasteiger partial charge is 0.395 e. The van der Waals surface area contributed by atoms with Gasteiger partial charge in [0.25, 0.3) is 5.91 Å². The molecule has 2 rings (SSSR count). The number of hydrogen-bond acceptors (Lipinski definition) is 3. The van der Waals surface area contributed by atoms with Gasteiger partial charge in [-0.3, -0.25) is 9.48 Å². The first kappa shape index (κ1) is 17.2. The Hall–Kier alpha value is -2.14. The highest BCUT2D eigenvalue weighted by molar-refractivity contribution is 5.92. The predicted octanol–water partition coefficient (Wildman–Crippen LogP) is 2.22. The number of aliphatic hydroxyl groups excluding tert-OH is 1. The molecule has 0 spiro atoms. The number of aromatic nitrogens is 2. The minimum Gasteiger partial charge on any atom is -0.395 e. The van der Waals surface area contributed by atoms with Crippen LogP contribution in [0.15, 0.2) is 36.4 Å². The van der Waals surface area contributed by atoms with Gasteiger partial charge in [0.15, 0.2) is 0 Å². The lowest BCUT2D eigenvalue weighted by Gasteiger charge is -2.21. The van der Waals surface area contributed by atoms with Crippen LogP contribution in [-0.2, 0) is 13.5 Å². The standard InChI is InChI=1S/C18H25N3O2/c1-14(2)16-13-17(20(3)19-16)18(23)21(11-12-22)10-9-15-7-5-4-6-8-15/h4-8,13-14,22H,9-12H2,1-3H3. The highest BCUT2D eigenvalue weighted by Crippen LogP contribution is 2.15. The fourth-order valence-electron chi connectivity index (χ4n) is 2.48. The molecule has 0 saturated heterocycles. The van der Waals surface area contributed by atoms with E-state index in [9.17, 15) is 9.90 Å². The zero-order valence-electron chi connectivity index (χ0n) is 14.1. The molecule has 0 unspecified atom stereocenters. The Bertz CT molecular complexity index is 635. The first-order valence-electron chi connectivity index (χ1n) is 8.01. The third-order valence-electron chi connectivity index (χ3n) is 3.88. The summed E-state index contributed by atoms with van der Waals surface area (Å²) in [6.45, 7) is 4.96. The molecule has 1 heterocycles. The van der Waals surface area contributed by atoms with E-state index in [2.05, 4.69) is 18.9 Å². The van der Waals surface area contributed by atoms with E-state index < -0.39 is 0 Å². The van der Waals surface area contributed by atoms with Crippen molar-refractivity contribution in [1.82, 2.24) is 14.7 Å². The fourth-order valence-corrected chi connectivity index (χ4v) is 2.48. The molecule has 1 aromatic heterocycles. The molecule has 0 saturated carbocycles. The second kappa shape index (κ2) is 7.92. The van der Waals surface area contributed by atoms with Gasteiger partial charge in [-0.05, 0) is 24.0 Å². The Morgan fingerprint density at radius 2 is 1.96 bits per heavy atom. The van der Waals surface area contributed by atoms with E-state index >= 15 is 0 Å². The fraction of sp³-hybridized carbons (Fsp3) is 0.444. The number of benzene rings is 1. The summed E-state index contributed by atoms with van der Waals surface area (Å²) in [4.78, 5) is 14.5. The van der Waals surface area contributed by atoms with Gasteiger partial charge in [-0.25, -0.2) is 0 Å². The Morgan fingerprint density at radius 3 is 2.52 bits per heavy atom. The minimum atomic E-state index is -0.0862. The van der Waals surface area contributed by atoms with Crippen molar-refractivity contribution in [3.8, 4) is 0 Å². The summed E-state index contributed by atoms with van der Waals surface area (Å²) in [6, 6.07) is 11.9. The SMILES string of the molecule is CC(C)c1cc(C(=O)N(CCO)CCc2ccccc2)n(C)n1. The zero-order valence-corrected chi connectivity index (χ0v) is 14.1. The lowest BCUT2D eigenvalue weighted by Crippen LogP contribution is -2.36. The third-order valence-corrected chi connectivity index (χ3v) is 3.88. The maximum atomic E-state index is 12.8. The molecule has 0 atom stereocenters. The van der Waals surface area contributed by atoms with Crippen LogP contribution < -0.4 is 0 Å². The molecule has 0 bridgehead atoms. The molecule has 5 heteroatoms. The van der Waals surface area contributed by atoms with Gasteiger partial charge in [-0.15, -0.1) is 0 Å². The van der Waals surface area contributed by atoms with Gasteiger partial charge in [0, 0.05) is 20.1 Å². The summed E-state index contributed by atoms with van der Waals surface area (Å²) in [5, 5.41) is 13.7. The lowest BCUT2D eigenvalue weighted by atomic mass is 10.1. The predicted molar refractivity (Wildman–Crippen MR) is 90.4 cm³/mol. The van der Waals surface area contributed by atoms with Crippen LogP contribution >= 0.6 is 0 Å². The molecule has 5 nitrogen and oxygen atoms in total. The van der Waals surface area contributed by atoms with Gasteiger partial charge in [-0.1, -0.05) is 44.2 Å². The van der Waals surface area contributed by atoms with Crippen molar-refractivity contribution in [2.75, 3.05) is 19.7 Å². The number of amides is 1. The van der Waals surface area contributed by atoms with E-state index in [1.807, 2.05) is 36.4 Å². The quantitative estimate of drug-likeness (QED) is 0.852. The smallest absolute Gasteiger partial charge is 0.272 e. The molecule has 124 valence electrons. The zero-order chi connectivity index (χ0) is 16.8. The molecular weight excluding hydrogens is 290 g/mol. The summed E-state index contributed by atoms with van der Waals surface area (Å²) in [5.41, 5.74) is 2.65. The first-order valence-corrected chi connectivity index (χ1v) is 8.01. The molecule has 0 aliphatic carbocycles. The maximum absolute atomic E-state index is 12.8. The molecular formula is C18H25N3O2. The molecule has 0 radical (unpaired) electrons. The Kier molecular flexibility index (Phi) is 5.93. The summed E-state index contributed by atoms with van der Waals surface area (Å²) >= 11 is 0. The summed E-state index contributed by atoms with van der Waals surface area (Å²) in [7, 11) is 1.79. The second-order valence-corrected chi connectivity index (χ2v) is 5.98. The molecule has 0 aliphatic heterocycles. The van der Waals surface area contributed by atoms with E-state index in [0.29, 0.717) is 18.8 Å². The first-order chi connectivity index (χ1) is 11.0. The normalized spacial score (nSPS) is 11.0. The Balaban J connectivity index is 2.11. The monoisotopic (exact) mass is 315 g/mol. The topological polar surface area (TPSA) is 58.4 Å². The molecule has 0 aliphatic rings. The summed E-state index contributed by atoms with van der Waals surface area (Å²) in [5.74, 6) is 0.190. The van der Waals surface area contributed by atoms with Crippen molar-refractivity contribution >= 4 is 5.91 Å². The second-order valence-electron chi connectivity index (χ2n) is 5.98. The number of carbonyl (C=O) groups is 1. The van der Waals surface area contributed by atoms with Crippen LogP contribution in [0.25, 0.3) is 0 Å². The van der Waals surface area contributed by atoms with E-state index in [-0.39, 0.29) is 18.4 Å². The number of aliphatic hydroxyl groups is 1. The van der Waals surface area contributed by atoms with Crippen molar-refractivity contribution in [3.63, 3.8) is 0 Å². The highest BCUT2D eigenvalue weighted by atomic mass is 16.3. The molecule has 1 amide bonds. The van der Waals surface area contributed by atoms with Crippen LogP contribution in [-0.4, -0.2) is 45.4 Å². The summed E-state index contributed by atoms with van der Waals surface area (Å²) in [6.07, 6.45) is 0.765. The molecule has 1 aromatic carbocycles. The van der Waals surface area contributed by atoms with E-state index in [4.69, 9.17) is 0 Å². The van der Waals surface area contributed by atoms with Crippen molar-refractivity contribution in [3.05, 3.63) is 53.3 Å². The van der Waals surface area contributed by atoms with Gasteiger partial charge < -0.3 is 10.0 Å². The minimum absolute atomic E-state index is 0.0462. The van der Waals surface area contributed by atoms with Gasteiger partial charge in [0.05, 0.1) is 12.3 Å². The van der Waals surface area contributed by atoms with Crippen molar-refractivity contribution in [1.29, 1.82) is 0 Å². The molecule has 0 fully saturated rings. The van der Waals surface area contributed by atoms with E-state index in [1.54, 1.807) is 16.6 Å². The van der Waals surface area contributed by atoms with Crippen LogP contribution in [0.4, 0.5) is 0 Å². The van der Waals surface area contributed by atoms with Crippen LogP contribution in [0.2, 0.25) is 0 Å². The highest BCUT2D eigenvalue weighted by Gasteiger charge is 2.20. The maximum Gasteiger partial charge on any atom is 0.272 e. The number of carbonyl (C=O) groups excluding carboxylic acids is 1. The third kappa shape index (κ3) is 4.42. The van der Waals surface area contributed by atoms with Crippen LogP contribution in [0.5, 0.6) is 0 Å². The number of nitrogens with zero attached hydrogens (tertiary/aromatic N) is 3. The van der Waals surface area contributed by atoms with Gasteiger partial charge in [0.2, 0.25) is 0 Å². The number of hydrogen-bond donors (Lipinski definition) is 1. The van der Waals surface area contributed by atoms with E-state index in [1.165, 1.54) is 5.56 Å². The Labute approximate surface area is 137 Å². The van der Waals surface area contributed by atoms with Crippen LogP contribution in [0.1, 0.15) is 41.5 Å². The number of rotatable bonds is 7. The Morgan fingerprint density at radius 1 is 1.26 bits per heavy atom. The molecule has 2 aromatic rings. The van der Waals surface area contributed by atoms with Crippen LogP contribution in [0, 0.1) is 0 Å². The number of aryl methyl sites for hydroxylation is 1. The van der Waals surface area contributed by atoms with Crippen molar-refractivity contribution < 1.29 is 9.90 Å².